The number of aliphatic imine (C=N–C) groups is 1. The lowest BCUT2D eigenvalue weighted by molar-refractivity contribution is -0.142. The van der Waals surface area contributed by atoms with Crippen molar-refractivity contribution in [1.82, 2.24) is 16.0 Å². The lowest BCUT2D eigenvalue weighted by atomic mass is 10.0. The number of nitrogens with one attached hydrogen (secondary N) is 3. The SMILES string of the molecule is NCCCCC(NC(=O)CN)C(=O)NC(CCCN=C(N)N)C(=O)NC(Cc1ccc(O)cc1)C(=O)O. The molecule has 1 aromatic carbocycles. The number of hydrogen-bond acceptors (Lipinski definition) is 8. The van der Waals surface area contributed by atoms with Crippen LogP contribution in [-0.2, 0) is 25.6 Å². The molecule has 14 nitrogen and oxygen atoms in total. The van der Waals surface area contributed by atoms with E-state index in [-0.39, 0.29) is 44.1 Å². The summed E-state index contributed by atoms with van der Waals surface area (Å²) in [5.41, 5.74) is 22.1. The molecule has 3 amide bonds. The van der Waals surface area contributed by atoms with Crippen LogP contribution in [0.5, 0.6) is 5.75 Å². The first kappa shape index (κ1) is 31.1. The molecule has 0 saturated heterocycles. The smallest absolute Gasteiger partial charge is 0.326 e. The third kappa shape index (κ3) is 12.6. The van der Waals surface area contributed by atoms with E-state index in [2.05, 4.69) is 20.9 Å². The number of nitrogens with zero attached hydrogens (tertiary/aromatic N) is 1. The highest BCUT2D eigenvalue weighted by Gasteiger charge is 2.29. The van der Waals surface area contributed by atoms with Gasteiger partial charge in [0, 0.05) is 13.0 Å². The molecule has 0 aliphatic carbocycles. The molecule has 0 fully saturated rings. The van der Waals surface area contributed by atoms with Gasteiger partial charge in [0.25, 0.3) is 0 Å². The van der Waals surface area contributed by atoms with E-state index < -0.39 is 41.8 Å². The molecule has 37 heavy (non-hydrogen) atoms. The Bertz CT molecular complexity index is 920. The molecular weight excluding hydrogens is 484 g/mol. The summed E-state index contributed by atoms with van der Waals surface area (Å²) >= 11 is 0. The first-order valence-corrected chi connectivity index (χ1v) is 11.9. The van der Waals surface area contributed by atoms with Crippen LogP contribution in [0, 0.1) is 0 Å². The summed E-state index contributed by atoms with van der Waals surface area (Å²) in [6, 6.07) is 2.51. The van der Waals surface area contributed by atoms with Crippen molar-refractivity contribution in [3.05, 3.63) is 29.8 Å². The van der Waals surface area contributed by atoms with Crippen LogP contribution in [-0.4, -0.2) is 77.6 Å². The molecule has 0 spiro atoms. The monoisotopic (exact) mass is 522 g/mol. The number of carboxylic acid groups (broad SMARTS) is 1. The number of benzene rings is 1. The summed E-state index contributed by atoms with van der Waals surface area (Å²) in [6.45, 7) is 0.273. The van der Waals surface area contributed by atoms with Crippen LogP contribution in [0.15, 0.2) is 29.3 Å². The van der Waals surface area contributed by atoms with E-state index in [0.29, 0.717) is 31.4 Å². The Morgan fingerprint density at radius 2 is 1.41 bits per heavy atom. The summed E-state index contributed by atoms with van der Waals surface area (Å²) in [7, 11) is 0. The van der Waals surface area contributed by atoms with Gasteiger partial charge in [-0.25, -0.2) is 4.79 Å². The highest BCUT2D eigenvalue weighted by atomic mass is 16.4. The van der Waals surface area contributed by atoms with Crippen LogP contribution < -0.4 is 38.9 Å². The Labute approximate surface area is 215 Å². The van der Waals surface area contributed by atoms with Gasteiger partial charge in [-0.15, -0.1) is 0 Å². The van der Waals surface area contributed by atoms with Gasteiger partial charge in [-0.2, -0.15) is 0 Å². The first-order chi connectivity index (χ1) is 17.6. The number of phenolic OH excluding ortho intramolecular Hbond substituents is 1. The molecule has 0 radical (unpaired) electrons. The summed E-state index contributed by atoms with van der Waals surface area (Å²) < 4.78 is 0. The zero-order chi connectivity index (χ0) is 27.8. The average Bonchev–Trinajstić information content (AvgIpc) is 2.85. The number of aromatic hydroxyl groups is 1. The number of guanidine groups is 1. The highest BCUT2D eigenvalue weighted by Crippen LogP contribution is 2.12. The Morgan fingerprint density at radius 3 is 1.95 bits per heavy atom. The largest absolute Gasteiger partial charge is 0.508 e. The van der Waals surface area contributed by atoms with Crippen molar-refractivity contribution >= 4 is 29.7 Å². The van der Waals surface area contributed by atoms with Crippen molar-refractivity contribution in [1.29, 1.82) is 0 Å². The minimum absolute atomic E-state index is 0.0194. The molecule has 1 rings (SSSR count). The van der Waals surface area contributed by atoms with E-state index in [0.717, 1.165) is 0 Å². The van der Waals surface area contributed by atoms with Gasteiger partial charge in [-0.1, -0.05) is 12.1 Å². The number of unbranched alkanes of at least 4 members (excludes halogenated alkanes) is 1. The Kier molecular flexibility index (Phi) is 14.1. The van der Waals surface area contributed by atoms with Crippen LogP contribution in [0.1, 0.15) is 37.7 Å². The van der Waals surface area contributed by atoms with Crippen LogP contribution in [0.4, 0.5) is 0 Å². The van der Waals surface area contributed by atoms with Crippen molar-refractivity contribution in [2.45, 2.75) is 56.7 Å². The fraction of sp³-hybridized carbons (Fsp3) is 0.522. The second-order valence-electron chi connectivity index (χ2n) is 8.39. The minimum atomic E-state index is -1.30. The number of nitrogens with two attached hydrogens (primary N) is 4. The van der Waals surface area contributed by atoms with Crippen LogP contribution >= 0.6 is 0 Å². The number of hydrogen-bond donors (Lipinski definition) is 9. The summed E-state index contributed by atoms with van der Waals surface area (Å²) in [6.07, 6.45) is 1.80. The molecule has 0 bridgehead atoms. The minimum Gasteiger partial charge on any atom is -0.508 e. The fourth-order valence-corrected chi connectivity index (χ4v) is 3.40. The Balaban J connectivity index is 3.02. The van der Waals surface area contributed by atoms with Gasteiger partial charge in [0.2, 0.25) is 17.7 Å². The van der Waals surface area contributed by atoms with Gasteiger partial charge >= 0.3 is 5.97 Å². The normalized spacial score (nSPS) is 13.0. The third-order valence-electron chi connectivity index (χ3n) is 5.35. The Hall–Kier alpha value is -3.91. The number of amides is 3. The molecule has 0 saturated carbocycles. The third-order valence-corrected chi connectivity index (χ3v) is 5.35. The predicted octanol–water partition coefficient (Wildman–Crippen LogP) is -2.38. The fourth-order valence-electron chi connectivity index (χ4n) is 3.40. The van der Waals surface area contributed by atoms with Crippen LogP contribution in [0.2, 0.25) is 0 Å². The van der Waals surface area contributed by atoms with Crippen LogP contribution in [0.25, 0.3) is 0 Å². The van der Waals surface area contributed by atoms with Gasteiger partial charge < -0.3 is 49.1 Å². The molecule has 3 atom stereocenters. The Morgan fingerprint density at radius 1 is 0.838 bits per heavy atom. The lowest BCUT2D eigenvalue weighted by Crippen LogP contribution is -2.56. The van der Waals surface area contributed by atoms with Gasteiger partial charge in [0.15, 0.2) is 5.96 Å². The van der Waals surface area contributed by atoms with Gasteiger partial charge in [0.1, 0.15) is 23.9 Å². The molecule has 1 aromatic rings. The molecule has 0 aliphatic heterocycles. The van der Waals surface area contributed by atoms with E-state index in [1.807, 2.05) is 0 Å². The molecule has 206 valence electrons. The topological polar surface area (TPSA) is 261 Å². The van der Waals surface area contributed by atoms with Crippen molar-refractivity contribution in [3.63, 3.8) is 0 Å². The van der Waals surface area contributed by atoms with Crippen molar-refractivity contribution in [3.8, 4) is 5.75 Å². The predicted molar refractivity (Wildman–Crippen MR) is 137 cm³/mol. The molecule has 14 heteroatoms. The van der Waals surface area contributed by atoms with Crippen molar-refractivity contribution in [2.24, 2.45) is 27.9 Å². The number of carbonyl (C=O) groups is 4. The molecule has 3 unspecified atom stereocenters. The number of rotatable bonds is 17. The average molecular weight is 523 g/mol. The molecular formula is C23H38N8O6. The highest BCUT2D eigenvalue weighted by molar-refractivity contribution is 5.93. The zero-order valence-corrected chi connectivity index (χ0v) is 20.7. The van der Waals surface area contributed by atoms with Crippen molar-refractivity contribution < 1.29 is 29.4 Å². The lowest BCUT2D eigenvalue weighted by Gasteiger charge is -2.24. The summed E-state index contributed by atoms with van der Waals surface area (Å²) in [5.74, 6) is -3.27. The number of carboxylic acids is 1. The van der Waals surface area contributed by atoms with Crippen molar-refractivity contribution in [2.75, 3.05) is 19.6 Å². The van der Waals surface area contributed by atoms with E-state index in [4.69, 9.17) is 22.9 Å². The number of phenols is 1. The first-order valence-electron chi connectivity index (χ1n) is 11.9. The number of aliphatic carboxylic acids is 1. The molecule has 0 heterocycles. The molecule has 13 N–H and O–H groups in total. The maximum atomic E-state index is 13.1. The summed E-state index contributed by atoms with van der Waals surface area (Å²) in [5, 5.41) is 26.7. The zero-order valence-electron chi connectivity index (χ0n) is 20.7. The van der Waals surface area contributed by atoms with E-state index >= 15 is 0 Å². The standard InChI is InChI=1S/C23H38N8O6/c24-10-2-1-4-16(29-19(33)13-25)20(34)30-17(5-3-11-28-23(26)27)21(35)31-18(22(36)37)12-14-6-8-15(32)9-7-14/h6-9,16-18,32H,1-5,10-13,24-25H2,(H,29,33)(H,30,34)(H,31,35)(H,36,37)(H4,26,27,28). The number of carbonyl (C=O) groups excluding carboxylic acids is 3. The van der Waals surface area contributed by atoms with Gasteiger partial charge in [-0.05, 0) is 56.3 Å². The van der Waals surface area contributed by atoms with E-state index in [9.17, 15) is 29.4 Å². The van der Waals surface area contributed by atoms with Gasteiger partial charge in [0.05, 0.1) is 6.54 Å². The quantitative estimate of drug-likeness (QED) is 0.0595. The maximum Gasteiger partial charge on any atom is 0.326 e. The molecule has 0 aliphatic rings. The second kappa shape index (κ2) is 16.7. The van der Waals surface area contributed by atoms with Gasteiger partial charge in [-0.3, -0.25) is 19.4 Å². The summed E-state index contributed by atoms with van der Waals surface area (Å²) in [4.78, 5) is 53.6. The van der Waals surface area contributed by atoms with E-state index in [1.54, 1.807) is 0 Å². The second-order valence-corrected chi connectivity index (χ2v) is 8.39. The maximum absolute atomic E-state index is 13.1. The van der Waals surface area contributed by atoms with E-state index in [1.165, 1.54) is 24.3 Å². The van der Waals surface area contributed by atoms with Crippen LogP contribution in [0.3, 0.4) is 0 Å². The molecule has 0 aromatic heterocycles.